The quantitative estimate of drug-likeness (QED) is 0.625. The van der Waals surface area contributed by atoms with Crippen molar-refractivity contribution in [2.24, 2.45) is 0 Å². The highest BCUT2D eigenvalue weighted by atomic mass is 16.4. The molecule has 0 aliphatic heterocycles. The molecule has 0 aliphatic carbocycles. The zero-order valence-electron chi connectivity index (χ0n) is 14.9. The number of carboxylic acid groups (broad SMARTS) is 1. The Balaban J connectivity index is 1.85. The number of aromatic carboxylic acids is 1. The minimum atomic E-state index is -0.968. The Labute approximate surface area is 152 Å². The number of anilines is 4. The fourth-order valence-electron chi connectivity index (χ4n) is 2.64. The fourth-order valence-corrected chi connectivity index (χ4v) is 2.64. The monoisotopic (exact) mass is 348 g/mol. The first-order valence-corrected chi connectivity index (χ1v) is 8.21. The lowest BCUT2D eigenvalue weighted by Gasteiger charge is -2.12. The van der Waals surface area contributed by atoms with Crippen molar-refractivity contribution in [3.8, 4) is 0 Å². The highest BCUT2D eigenvalue weighted by Gasteiger charge is 2.07. The van der Waals surface area contributed by atoms with Crippen LogP contribution in [0.1, 0.15) is 27.2 Å². The summed E-state index contributed by atoms with van der Waals surface area (Å²) in [4.78, 5) is 20.0. The molecule has 2 aromatic carbocycles. The number of nitrogens with zero attached hydrogens (tertiary/aromatic N) is 2. The van der Waals surface area contributed by atoms with Crippen molar-refractivity contribution in [2.45, 2.75) is 20.8 Å². The Bertz CT molecular complexity index is 970. The van der Waals surface area contributed by atoms with Crippen molar-refractivity contribution in [1.29, 1.82) is 0 Å². The predicted molar refractivity (Wildman–Crippen MR) is 103 cm³/mol. The van der Waals surface area contributed by atoms with E-state index in [0.29, 0.717) is 17.5 Å². The summed E-state index contributed by atoms with van der Waals surface area (Å²) < 4.78 is 0. The maximum Gasteiger partial charge on any atom is 0.335 e. The van der Waals surface area contributed by atoms with Gasteiger partial charge in [-0.1, -0.05) is 23.8 Å². The van der Waals surface area contributed by atoms with Gasteiger partial charge in [0.05, 0.1) is 5.56 Å². The molecule has 3 rings (SSSR count). The van der Waals surface area contributed by atoms with E-state index >= 15 is 0 Å². The largest absolute Gasteiger partial charge is 0.478 e. The van der Waals surface area contributed by atoms with E-state index in [4.69, 9.17) is 5.11 Å². The van der Waals surface area contributed by atoms with Crippen LogP contribution in [0.3, 0.4) is 0 Å². The Morgan fingerprint density at radius 3 is 2.50 bits per heavy atom. The molecule has 6 heteroatoms. The summed E-state index contributed by atoms with van der Waals surface area (Å²) in [5, 5.41) is 15.5. The fraction of sp³-hybridized carbons (Fsp3) is 0.150. The number of aromatic nitrogens is 2. The summed E-state index contributed by atoms with van der Waals surface area (Å²) in [7, 11) is 0. The van der Waals surface area contributed by atoms with E-state index in [-0.39, 0.29) is 5.56 Å². The van der Waals surface area contributed by atoms with Crippen LogP contribution in [0.2, 0.25) is 0 Å². The average Bonchev–Trinajstić information content (AvgIpc) is 2.57. The van der Waals surface area contributed by atoms with Gasteiger partial charge in [-0.05, 0) is 50.6 Å². The van der Waals surface area contributed by atoms with Crippen molar-refractivity contribution in [1.82, 2.24) is 9.97 Å². The van der Waals surface area contributed by atoms with Crippen molar-refractivity contribution < 1.29 is 9.90 Å². The Hall–Kier alpha value is -3.41. The van der Waals surface area contributed by atoms with Crippen LogP contribution in [0.15, 0.2) is 48.5 Å². The van der Waals surface area contributed by atoms with Gasteiger partial charge in [0.1, 0.15) is 5.82 Å². The molecule has 3 aromatic rings. The van der Waals surface area contributed by atoms with E-state index in [1.54, 1.807) is 30.3 Å². The summed E-state index contributed by atoms with van der Waals surface area (Å²) in [5.41, 5.74) is 4.91. The third-order valence-electron chi connectivity index (χ3n) is 3.86. The highest BCUT2D eigenvalue weighted by Crippen LogP contribution is 2.22. The van der Waals surface area contributed by atoms with Gasteiger partial charge < -0.3 is 15.7 Å². The molecule has 0 radical (unpaired) electrons. The molecular formula is C20H20N4O2. The number of nitrogens with one attached hydrogen (secondary N) is 2. The predicted octanol–water partition coefficient (Wildman–Crippen LogP) is 4.59. The molecule has 26 heavy (non-hydrogen) atoms. The molecule has 0 amide bonds. The summed E-state index contributed by atoms with van der Waals surface area (Å²) in [5.74, 6) is 0.103. The average molecular weight is 348 g/mol. The van der Waals surface area contributed by atoms with Crippen LogP contribution in [-0.2, 0) is 0 Å². The first-order valence-electron chi connectivity index (χ1n) is 8.21. The van der Waals surface area contributed by atoms with Crippen LogP contribution < -0.4 is 10.6 Å². The van der Waals surface area contributed by atoms with Crippen LogP contribution in [-0.4, -0.2) is 21.0 Å². The van der Waals surface area contributed by atoms with Gasteiger partial charge in [-0.25, -0.2) is 9.78 Å². The minimum Gasteiger partial charge on any atom is -0.478 e. The van der Waals surface area contributed by atoms with Gasteiger partial charge in [0.15, 0.2) is 0 Å². The second kappa shape index (κ2) is 7.23. The highest BCUT2D eigenvalue weighted by molar-refractivity contribution is 5.89. The Kier molecular flexibility index (Phi) is 4.84. The molecule has 0 aliphatic rings. The smallest absolute Gasteiger partial charge is 0.335 e. The number of benzene rings is 2. The zero-order valence-corrected chi connectivity index (χ0v) is 14.9. The van der Waals surface area contributed by atoms with Crippen molar-refractivity contribution in [2.75, 3.05) is 10.6 Å². The van der Waals surface area contributed by atoms with Gasteiger partial charge in [0, 0.05) is 23.1 Å². The topological polar surface area (TPSA) is 87.1 Å². The molecule has 0 unspecified atom stereocenters. The maximum absolute atomic E-state index is 11.1. The molecule has 1 heterocycles. The van der Waals surface area contributed by atoms with Crippen LogP contribution >= 0.6 is 0 Å². The molecular weight excluding hydrogens is 328 g/mol. The van der Waals surface area contributed by atoms with Crippen molar-refractivity contribution in [3.63, 3.8) is 0 Å². The lowest BCUT2D eigenvalue weighted by Crippen LogP contribution is -2.04. The van der Waals surface area contributed by atoms with Gasteiger partial charge >= 0.3 is 5.97 Å². The number of carboxylic acids is 1. The number of carbonyl (C=O) groups is 1. The lowest BCUT2D eigenvalue weighted by molar-refractivity contribution is 0.0697. The molecule has 0 spiro atoms. The minimum absolute atomic E-state index is 0.217. The van der Waals surface area contributed by atoms with E-state index in [0.717, 1.165) is 16.9 Å². The second-order valence-electron chi connectivity index (χ2n) is 6.17. The van der Waals surface area contributed by atoms with Gasteiger partial charge in [-0.15, -0.1) is 0 Å². The SMILES string of the molecule is Cc1ccc(Nc2nc(C)cc(Nc3cccc(C(=O)O)c3)n2)c(C)c1. The number of rotatable bonds is 5. The maximum atomic E-state index is 11.1. The van der Waals surface area contributed by atoms with E-state index in [2.05, 4.69) is 26.7 Å². The molecule has 6 nitrogen and oxygen atoms in total. The lowest BCUT2D eigenvalue weighted by atomic mass is 10.1. The molecule has 0 bridgehead atoms. The first-order chi connectivity index (χ1) is 12.4. The summed E-state index contributed by atoms with van der Waals surface area (Å²) in [6.45, 7) is 5.96. The second-order valence-corrected chi connectivity index (χ2v) is 6.17. The zero-order chi connectivity index (χ0) is 18.7. The molecule has 0 fully saturated rings. The third-order valence-corrected chi connectivity index (χ3v) is 3.86. The van der Waals surface area contributed by atoms with E-state index < -0.39 is 5.97 Å². The van der Waals surface area contributed by atoms with Gasteiger partial charge in [0.25, 0.3) is 0 Å². The molecule has 1 aromatic heterocycles. The first kappa shape index (κ1) is 17.4. The van der Waals surface area contributed by atoms with Crippen LogP contribution in [0.5, 0.6) is 0 Å². The van der Waals surface area contributed by atoms with Crippen molar-refractivity contribution in [3.05, 3.63) is 70.9 Å². The molecule has 3 N–H and O–H groups in total. The molecule has 0 saturated carbocycles. The van der Waals surface area contributed by atoms with E-state index in [9.17, 15) is 4.79 Å². The summed E-state index contributed by atoms with van der Waals surface area (Å²) in [6, 6.07) is 14.5. The Morgan fingerprint density at radius 1 is 0.962 bits per heavy atom. The van der Waals surface area contributed by atoms with Crippen molar-refractivity contribution >= 4 is 29.1 Å². The van der Waals surface area contributed by atoms with Crippen LogP contribution in [0.4, 0.5) is 23.1 Å². The van der Waals surface area contributed by atoms with Gasteiger partial charge in [-0.2, -0.15) is 4.98 Å². The number of hydrogen-bond acceptors (Lipinski definition) is 5. The summed E-state index contributed by atoms with van der Waals surface area (Å²) >= 11 is 0. The number of hydrogen-bond donors (Lipinski definition) is 3. The molecule has 0 saturated heterocycles. The summed E-state index contributed by atoms with van der Waals surface area (Å²) in [6.07, 6.45) is 0. The normalized spacial score (nSPS) is 10.4. The van der Waals surface area contributed by atoms with Crippen LogP contribution in [0, 0.1) is 20.8 Å². The standard InChI is InChI=1S/C20H20N4O2/c1-12-7-8-17(13(2)9-12)23-20-21-14(3)10-18(24-20)22-16-6-4-5-15(11-16)19(25)26/h4-11H,1-3H3,(H,25,26)(H2,21,22,23,24). The Morgan fingerprint density at radius 2 is 1.77 bits per heavy atom. The molecule has 132 valence electrons. The molecule has 0 atom stereocenters. The van der Waals surface area contributed by atoms with E-state index in [1.165, 1.54) is 5.56 Å². The third kappa shape index (κ3) is 4.16. The van der Waals surface area contributed by atoms with Gasteiger partial charge in [-0.3, -0.25) is 0 Å². The number of aryl methyl sites for hydroxylation is 3. The van der Waals surface area contributed by atoms with Gasteiger partial charge in [0.2, 0.25) is 5.95 Å². The van der Waals surface area contributed by atoms with E-state index in [1.807, 2.05) is 32.9 Å². The van der Waals surface area contributed by atoms with Crippen LogP contribution in [0.25, 0.3) is 0 Å².